The highest BCUT2D eigenvalue weighted by Crippen LogP contribution is 2.44. The smallest absolute Gasteiger partial charge is 0.225 e. The molecule has 2 fully saturated rings. The van der Waals surface area contributed by atoms with Crippen molar-refractivity contribution in [3.05, 3.63) is 35.6 Å². The minimum Gasteiger partial charge on any atom is -0.459 e. The van der Waals surface area contributed by atoms with E-state index in [1.165, 1.54) is 11.8 Å². The highest BCUT2D eigenvalue weighted by Gasteiger charge is 2.64. The van der Waals surface area contributed by atoms with E-state index < -0.39 is 20.5 Å². The van der Waals surface area contributed by atoms with Gasteiger partial charge in [-0.1, -0.05) is 11.6 Å². The SMILES string of the molecule is CC(=O)N1CC2(C1)C(C(=O)NCc1cc3cc(C)ccc3o1)CCS2(=O)=O. The first-order chi connectivity index (χ1) is 12.7. The number of benzene rings is 1. The molecule has 3 heterocycles. The summed E-state index contributed by atoms with van der Waals surface area (Å²) in [5.41, 5.74) is 1.87. The molecule has 2 aliphatic rings. The second-order valence-corrected chi connectivity index (χ2v) is 10.0. The molecule has 1 atom stereocenters. The number of fused-ring (bicyclic) bond motifs is 1. The molecule has 1 spiro atoms. The van der Waals surface area contributed by atoms with Crippen LogP contribution in [0.25, 0.3) is 11.0 Å². The molecular formula is C19H22N2O5S. The fourth-order valence-corrected chi connectivity index (χ4v) is 6.48. The van der Waals surface area contributed by atoms with Crippen LogP contribution in [0.5, 0.6) is 0 Å². The Bertz CT molecular complexity index is 1030. The summed E-state index contributed by atoms with van der Waals surface area (Å²) in [4.78, 5) is 25.7. The van der Waals surface area contributed by atoms with Gasteiger partial charge >= 0.3 is 0 Å². The van der Waals surface area contributed by atoms with Gasteiger partial charge in [0, 0.05) is 25.4 Å². The second-order valence-electron chi connectivity index (χ2n) is 7.57. The predicted molar refractivity (Wildman–Crippen MR) is 99.7 cm³/mol. The number of carbonyl (C=O) groups excluding carboxylic acids is 2. The van der Waals surface area contributed by atoms with Gasteiger partial charge in [0.2, 0.25) is 11.8 Å². The predicted octanol–water partition coefficient (Wildman–Crippen LogP) is 1.39. The molecule has 0 bridgehead atoms. The molecule has 0 radical (unpaired) electrons. The Kier molecular flexibility index (Phi) is 4.06. The molecule has 2 saturated heterocycles. The van der Waals surface area contributed by atoms with Gasteiger partial charge in [0.25, 0.3) is 0 Å². The van der Waals surface area contributed by atoms with E-state index in [4.69, 9.17) is 4.42 Å². The maximum absolute atomic E-state index is 12.7. The van der Waals surface area contributed by atoms with E-state index >= 15 is 0 Å². The number of hydrogen-bond donors (Lipinski definition) is 1. The number of nitrogens with zero attached hydrogens (tertiary/aromatic N) is 1. The fraction of sp³-hybridized carbons (Fsp3) is 0.474. The minimum absolute atomic E-state index is 0.0131. The lowest BCUT2D eigenvalue weighted by Gasteiger charge is -2.49. The maximum Gasteiger partial charge on any atom is 0.225 e. The van der Waals surface area contributed by atoms with Crippen molar-refractivity contribution in [2.24, 2.45) is 5.92 Å². The van der Waals surface area contributed by atoms with E-state index in [-0.39, 0.29) is 37.2 Å². The van der Waals surface area contributed by atoms with E-state index in [0.717, 1.165) is 16.5 Å². The average molecular weight is 390 g/mol. The summed E-state index contributed by atoms with van der Waals surface area (Å²) in [6.07, 6.45) is 0.291. The molecule has 27 heavy (non-hydrogen) atoms. The number of furan rings is 1. The fourth-order valence-electron chi connectivity index (χ4n) is 4.17. The van der Waals surface area contributed by atoms with Crippen LogP contribution in [0, 0.1) is 12.8 Å². The molecule has 0 aliphatic carbocycles. The zero-order valence-corrected chi connectivity index (χ0v) is 16.1. The first kappa shape index (κ1) is 18.0. The van der Waals surface area contributed by atoms with Gasteiger partial charge in [-0.15, -0.1) is 0 Å². The third-order valence-corrected chi connectivity index (χ3v) is 8.32. The first-order valence-electron chi connectivity index (χ1n) is 8.96. The molecule has 1 unspecified atom stereocenters. The number of amides is 2. The Balaban J connectivity index is 1.48. The van der Waals surface area contributed by atoms with Crippen molar-refractivity contribution >= 4 is 32.6 Å². The van der Waals surface area contributed by atoms with E-state index in [9.17, 15) is 18.0 Å². The second kappa shape index (κ2) is 6.09. The van der Waals surface area contributed by atoms with Crippen molar-refractivity contribution < 1.29 is 22.4 Å². The number of carbonyl (C=O) groups is 2. The van der Waals surface area contributed by atoms with E-state index in [1.807, 2.05) is 31.2 Å². The molecule has 8 heteroatoms. The summed E-state index contributed by atoms with van der Waals surface area (Å²) >= 11 is 0. The molecule has 1 aromatic heterocycles. The summed E-state index contributed by atoms with van der Waals surface area (Å²) in [5, 5.41) is 3.79. The van der Waals surface area contributed by atoms with Gasteiger partial charge < -0.3 is 14.6 Å². The van der Waals surface area contributed by atoms with Gasteiger partial charge in [-0.2, -0.15) is 0 Å². The number of sulfone groups is 1. The third kappa shape index (κ3) is 2.82. The van der Waals surface area contributed by atoms with Crippen LogP contribution in [-0.2, 0) is 26.0 Å². The molecule has 144 valence electrons. The third-order valence-electron chi connectivity index (χ3n) is 5.77. The number of nitrogens with one attached hydrogen (secondary N) is 1. The molecule has 2 aromatic rings. The standard InChI is InChI=1S/C19H22N2O5S/c1-12-3-4-17-14(7-12)8-15(26-17)9-20-18(23)16-5-6-27(24,25)19(16)10-21(11-19)13(2)22/h3-4,7-8,16H,5-6,9-11H2,1-2H3,(H,20,23). The van der Waals surface area contributed by atoms with Crippen LogP contribution in [-0.4, -0.2) is 48.7 Å². The summed E-state index contributed by atoms with van der Waals surface area (Å²) < 4.78 is 29.7. The number of likely N-dealkylation sites (tertiary alicyclic amines) is 1. The van der Waals surface area contributed by atoms with Gasteiger partial charge in [0.05, 0.1) is 18.2 Å². The molecule has 7 nitrogen and oxygen atoms in total. The monoisotopic (exact) mass is 390 g/mol. The zero-order valence-electron chi connectivity index (χ0n) is 15.3. The lowest BCUT2D eigenvalue weighted by atomic mass is 9.82. The van der Waals surface area contributed by atoms with Crippen molar-refractivity contribution in [3.63, 3.8) is 0 Å². The Morgan fingerprint density at radius 1 is 1.30 bits per heavy atom. The average Bonchev–Trinajstić information content (AvgIpc) is 3.07. The Morgan fingerprint density at radius 3 is 2.74 bits per heavy atom. The highest BCUT2D eigenvalue weighted by molar-refractivity contribution is 7.93. The van der Waals surface area contributed by atoms with E-state index in [1.54, 1.807) is 0 Å². The summed E-state index contributed by atoms with van der Waals surface area (Å²) in [6, 6.07) is 7.73. The van der Waals surface area contributed by atoms with Crippen LogP contribution in [0.1, 0.15) is 24.7 Å². The summed E-state index contributed by atoms with van der Waals surface area (Å²) in [6.45, 7) is 3.82. The molecule has 1 N–H and O–H groups in total. The van der Waals surface area contributed by atoms with Crippen molar-refractivity contribution in [2.45, 2.75) is 31.6 Å². The number of hydrogen-bond acceptors (Lipinski definition) is 5. The highest BCUT2D eigenvalue weighted by atomic mass is 32.2. The maximum atomic E-state index is 12.7. The van der Waals surface area contributed by atoms with Crippen LogP contribution in [0.3, 0.4) is 0 Å². The molecule has 2 aliphatic heterocycles. The van der Waals surface area contributed by atoms with Crippen LogP contribution in [0.2, 0.25) is 0 Å². The van der Waals surface area contributed by atoms with Crippen molar-refractivity contribution in [1.82, 2.24) is 10.2 Å². The quantitative estimate of drug-likeness (QED) is 0.854. The largest absolute Gasteiger partial charge is 0.459 e. The van der Waals surface area contributed by atoms with Gasteiger partial charge in [-0.3, -0.25) is 9.59 Å². The van der Waals surface area contributed by atoms with Crippen LogP contribution >= 0.6 is 0 Å². The van der Waals surface area contributed by atoms with Gasteiger partial charge in [0.1, 0.15) is 16.1 Å². The molecule has 4 rings (SSSR count). The number of rotatable bonds is 3. The van der Waals surface area contributed by atoms with Crippen molar-refractivity contribution in [3.8, 4) is 0 Å². The minimum atomic E-state index is -3.40. The number of aryl methyl sites for hydroxylation is 1. The van der Waals surface area contributed by atoms with Crippen LogP contribution < -0.4 is 5.32 Å². The Morgan fingerprint density at radius 2 is 2.04 bits per heavy atom. The first-order valence-corrected chi connectivity index (χ1v) is 10.6. The van der Waals surface area contributed by atoms with Crippen molar-refractivity contribution in [1.29, 1.82) is 0 Å². The van der Waals surface area contributed by atoms with Crippen molar-refractivity contribution in [2.75, 3.05) is 18.8 Å². The molecular weight excluding hydrogens is 368 g/mol. The lowest BCUT2D eigenvalue weighted by Crippen LogP contribution is -2.69. The van der Waals surface area contributed by atoms with E-state index in [0.29, 0.717) is 12.2 Å². The zero-order chi connectivity index (χ0) is 19.4. The topological polar surface area (TPSA) is 96.7 Å². The Labute approximate surface area is 157 Å². The van der Waals surface area contributed by atoms with Gasteiger partial charge in [-0.25, -0.2) is 8.42 Å². The summed E-state index contributed by atoms with van der Waals surface area (Å²) in [5.74, 6) is -0.487. The van der Waals surface area contributed by atoms with Crippen LogP contribution in [0.4, 0.5) is 0 Å². The lowest BCUT2D eigenvalue weighted by molar-refractivity contribution is -0.138. The molecule has 1 aromatic carbocycles. The molecule has 0 saturated carbocycles. The normalized spacial score (nSPS) is 22.7. The summed E-state index contributed by atoms with van der Waals surface area (Å²) in [7, 11) is -3.40. The van der Waals surface area contributed by atoms with Gasteiger partial charge in [0.15, 0.2) is 9.84 Å². The van der Waals surface area contributed by atoms with Crippen LogP contribution in [0.15, 0.2) is 28.7 Å². The Hall–Kier alpha value is -2.35. The van der Waals surface area contributed by atoms with E-state index in [2.05, 4.69) is 5.32 Å². The molecule has 2 amide bonds. The van der Waals surface area contributed by atoms with Gasteiger partial charge in [-0.05, 0) is 31.5 Å².